The highest BCUT2D eigenvalue weighted by Gasteiger charge is 2.21. The van der Waals surface area contributed by atoms with E-state index in [0.717, 1.165) is 19.5 Å². The van der Waals surface area contributed by atoms with Crippen LogP contribution < -0.4 is 5.32 Å². The van der Waals surface area contributed by atoms with E-state index >= 15 is 0 Å². The van der Waals surface area contributed by atoms with E-state index in [1.807, 2.05) is 4.90 Å². The van der Waals surface area contributed by atoms with Crippen molar-refractivity contribution in [2.45, 2.75) is 19.8 Å². The Kier molecular flexibility index (Phi) is 4.36. The Labute approximate surface area is 117 Å². The molecule has 2 amide bonds. The first-order chi connectivity index (χ1) is 8.58. The first-order valence-corrected chi connectivity index (χ1v) is 6.83. The molecule has 1 aliphatic heterocycles. The Bertz CT molecular complexity index is 451. The van der Waals surface area contributed by atoms with E-state index in [9.17, 15) is 4.79 Å². The molecule has 18 heavy (non-hydrogen) atoms. The van der Waals surface area contributed by atoms with Crippen LogP contribution in [0.3, 0.4) is 0 Å². The number of carbonyl (C=O) groups excluding carboxylic acids is 1. The van der Waals surface area contributed by atoms with Gasteiger partial charge in [0.05, 0.1) is 15.7 Å². The Hall–Kier alpha value is -0.930. The van der Waals surface area contributed by atoms with Crippen molar-refractivity contribution < 1.29 is 4.79 Å². The van der Waals surface area contributed by atoms with Crippen LogP contribution in [0.5, 0.6) is 0 Å². The summed E-state index contributed by atoms with van der Waals surface area (Å²) in [7, 11) is 0. The number of benzene rings is 1. The van der Waals surface area contributed by atoms with E-state index in [2.05, 4.69) is 12.2 Å². The van der Waals surface area contributed by atoms with Crippen LogP contribution in [0, 0.1) is 5.92 Å². The monoisotopic (exact) mass is 286 g/mol. The van der Waals surface area contributed by atoms with Crippen molar-refractivity contribution in [1.29, 1.82) is 0 Å². The molecular weight excluding hydrogens is 271 g/mol. The maximum Gasteiger partial charge on any atom is 0.321 e. The molecular formula is C13H16Cl2N2O. The zero-order chi connectivity index (χ0) is 13.1. The quantitative estimate of drug-likeness (QED) is 0.822. The normalized spacial score (nSPS) is 19.7. The molecule has 0 aromatic heterocycles. The van der Waals surface area contributed by atoms with Gasteiger partial charge in [-0.2, -0.15) is 0 Å². The molecule has 1 N–H and O–H groups in total. The smallest absolute Gasteiger partial charge is 0.321 e. The van der Waals surface area contributed by atoms with E-state index in [1.165, 1.54) is 6.42 Å². The highest BCUT2D eigenvalue weighted by molar-refractivity contribution is 6.43. The summed E-state index contributed by atoms with van der Waals surface area (Å²) in [6.07, 6.45) is 2.24. The number of likely N-dealkylation sites (tertiary alicyclic amines) is 1. The lowest BCUT2D eigenvalue weighted by Gasteiger charge is -2.31. The second-order valence-electron chi connectivity index (χ2n) is 4.72. The number of rotatable bonds is 1. The number of hydrogen-bond donors (Lipinski definition) is 1. The summed E-state index contributed by atoms with van der Waals surface area (Å²) in [5.74, 6) is 0.555. The fraction of sp³-hybridized carbons (Fsp3) is 0.462. The largest absolute Gasteiger partial charge is 0.324 e. The fourth-order valence-electron chi connectivity index (χ4n) is 2.17. The number of hydrogen-bond acceptors (Lipinski definition) is 1. The van der Waals surface area contributed by atoms with Gasteiger partial charge in [-0.3, -0.25) is 0 Å². The first kappa shape index (κ1) is 13.5. The molecule has 0 spiro atoms. The number of anilines is 1. The zero-order valence-corrected chi connectivity index (χ0v) is 11.8. The summed E-state index contributed by atoms with van der Waals surface area (Å²) < 4.78 is 0. The van der Waals surface area contributed by atoms with E-state index in [-0.39, 0.29) is 6.03 Å². The summed E-state index contributed by atoms with van der Waals surface area (Å²) in [5, 5.41) is 3.64. The molecule has 0 bridgehead atoms. The van der Waals surface area contributed by atoms with Gasteiger partial charge in [0.25, 0.3) is 0 Å². The number of urea groups is 1. The van der Waals surface area contributed by atoms with Crippen LogP contribution in [-0.4, -0.2) is 24.0 Å². The number of nitrogens with zero attached hydrogens (tertiary/aromatic N) is 1. The first-order valence-electron chi connectivity index (χ1n) is 6.08. The third kappa shape index (κ3) is 3.09. The maximum absolute atomic E-state index is 12.1. The molecule has 1 atom stereocenters. The number of halogens is 2. The second-order valence-corrected chi connectivity index (χ2v) is 5.51. The van der Waals surface area contributed by atoms with Gasteiger partial charge in [0, 0.05) is 13.1 Å². The summed E-state index contributed by atoms with van der Waals surface area (Å²) in [6.45, 7) is 3.75. The van der Waals surface area contributed by atoms with E-state index in [0.29, 0.717) is 21.7 Å². The Morgan fingerprint density at radius 3 is 2.94 bits per heavy atom. The molecule has 3 nitrogen and oxygen atoms in total. The molecule has 1 unspecified atom stereocenters. The Morgan fingerprint density at radius 2 is 2.22 bits per heavy atom. The van der Waals surface area contributed by atoms with Crippen molar-refractivity contribution in [2.75, 3.05) is 18.4 Å². The fourth-order valence-corrected chi connectivity index (χ4v) is 2.52. The van der Waals surface area contributed by atoms with E-state index < -0.39 is 0 Å². The number of amides is 2. The van der Waals surface area contributed by atoms with Crippen LogP contribution >= 0.6 is 23.2 Å². The standard InChI is InChI=1S/C13H16Cl2N2O/c1-9-4-3-7-17(8-9)13(18)16-11-6-2-5-10(14)12(11)15/h2,5-6,9H,3-4,7-8H2,1H3,(H,16,18). The van der Waals surface area contributed by atoms with Gasteiger partial charge in [0.15, 0.2) is 0 Å². The van der Waals surface area contributed by atoms with Gasteiger partial charge in [-0.05, 0) is 30.9 Å². The molecule has 98 valence electrons. The van der Waals surface area contributed by atoms with E-state index in [4.69, 9.17) is 23.2 Å². The lowest BCUT2D eigenvalue weighted by atomic mass is 10.0. The molecule has 0 saturated carbocycles. The maximum atomic E-state index is 12.1. The van der Waals surface area contributed by atoms with Crippen molar-refractivity contribution in [2.24, 2.45) is 5.92 Å². The topological polar surface area (TPSA) is 32.3 Å². The van der Waals surface area contributed by atoms with Crippen molar-refractivity contribution in [3.63, 3.8) is 0 Å². The molecule has 1 aromatic carbocycles. The van der Waals surface area contributed by atoms with Crippen LogP contribution in [0.2, 0.25) is 10.0 Å². The minimum Gasteiger partial charge on any atom is -0.324 e. The Morgan fingerprint density at radius 1 is 1.44 bits per heavy atom. The average molecular weight is 287 g/mol. The van der Waals surface area contributed by atoms with E-state index in [1.54, 1.807) is 18.2 Å². The predicted molar refractivity (Wildman–Crippen MR) is 75.5 cm³/mol. The zero-order valence-electron chi connectivity index (χ0n) is 10.2. The molecule has 1 heterocycles. The average Bonchev–Trinajstić information content (AvgIpc) is 2.35. The molecule has 1 fully saturated rings. The summed E-state index contributed by atoms with van der Waals surface area (Å²) in [5.41, 5.74) is 0.562. The third-order valence-corrected chi connectivity index (χ3v) is 3.96. The number of nitrogens with one attached hydrogen (secondary N) is 1. The van der Waals surface area contributed by atoms with Crippen LogP contribution in [0.25, 0.3) is 0 Å². The predicted octanol–water partition coefficient (Wildman–Crippen LogP) is 4.26. The summed E-state index contributed by atoms with van der Waals surface area (Å²) in [6, 6.07) is 5.11. The van der Waals surface area contributed by atoms with Crippen molar-refractivity contribution >= 4 is 34.9 Å². The number of piperidine rings is 1. The van der Waals surface area contributed by atoms with Crippen LogP contribution in [0.1, 0.15) is 19.8 Å². The molecule has 1 saturated heterocycles. The SMILES string of the molecule is CC1CCCN(C(=O)Nc2cccc(Cl)c2Cl)C1. The van der Waals surface area contributed by atoms with Gasteiger partial charge in [0.2, 0.25) is 0 Å². The lowest BCUT2D eigenvalue weighted by molar-refractivity contribution is 0.182. The third-order valence-electron chi connectivity index (χ3n) is 3.14. The Balaban J connectivity index is 2.04. The number of carbonyl (C=O) groups is 1. The van der Waals surface area contributed by atoms with Gasteiger partial charge in [-0.1, -0.05) is 36.2 Å². The molecule has 0 radical (unpaired) electrons. The molecule has 1 aromatic rings. The van der Waals surface area contributed by atoms with Crippen molar-refractivity contribution in [1.82, 2.24) is 4.90 Å². The molecule has 1 aliphatic rings. The van der Waals surface area contributed by atoms with Crippen LogP contribution in [0.4, 0.5) is 10.5 Å². The van der Waals surface area contributed by atoms with Crippen molar-refractivity contribution in [3.8, 4) is 0 Å². The van der Waals surface area contributed by atoms with Crippen LogP contribution in [0.15, 0.2) is 18.2 Å². The van der Waals surface area contributed by atoms with Gasteiger partial charge >= 0.3 is 6.03 Å². The second kappa shape index (κ2) is 5.81. The summed E-state index contributed by atoms with van der Waals surface area (Å²) >= 11 is 11.9. The minimum atomic E-state index is -0.106. The summed E-state index contributed by atoms with van der Waals surface area (Å²) in [4.78, 5) is 13.9. The lowest BCUT2D eigenvalue weighted by Crippen LogP contribution is -2.41. The van der Waals surface area contributed by atoms with Gasteiger partial charge in [-0.25, -0.2) is 4.79 Å². The van der Waals surface area contributed by atoms with Gasteiger partial charge in [-0.15, -0.1) is 0 Å². The molecule has 0 aliphatic carbocycles. The van der Waals surface area contributed by atoms with Gasteiger partial charge in [0.1, 0.15) is 0 Å². The molecule has 2 rings (SSSR count). The highest BCUT2D eigenvalue weighted by atomic mass is 35.5. The van der Waals surface area contributed by atoms with Crippen LogP contribution in [-0.2, 0) is 0 Å². The highest BCUT2D eigenvalue weighted by Crippen LogP contribution is 2.30. The van der Waals surface area contributed by atoms with Gasteiger partial charge < -0.3 is 10.2 Å². The minimum absolute atomic E-state index is 0.106. The van der Waals surface area contributed by atoms with Crippen molar-refractivity contribution in [3.05, 3.63) is 28.2 Å². The molecule has 5 heteroatoms.